The maximum Gasteiger partial charge on any atom is 0.212 e. The smallest absolute Gasteiger partial charge is 0.212 e. The maximum absolute atomic E-state index is 11.4. The molecular formula is C10H22N2O2S. The number of nitrogens with one attached hydrogen (secondary N) is 2. The van der Waals surface area contributed by atoms with Crippen molar-refractivity contribution >= 4 is 10.0 Å². The summed E-state index contributed by atoms with van der Waals surface area (Å²) in [5, 5.41) is 3.01. The van der Waals surface area contributed by atoms with Crippen LogP contribution in [0.1, 0.15) is 32.6 Å². The van der Waals surface area contributed by atoms with Gasteiger partial charge in [-0.05, 0) is 18.9 Å². The van der Waals surface area contributed by atoms with Crippen molar-refractivity contribution < 1.29 is 8.42 Å². The zero-order valence-corrected chi connectivity index (χ0v) is 10.3. The van der Waals surface area contributed by atoms with E-state index in [1.807, 2.05) is 6.92 Å². The van der Waals surface area contributed by atoms with Gasteiger partial charge in [-0.3, -0.25) is 0 Å². The predicted molar refractivity (Wildman–Crippen MR) is 62.3 cm³/mol. The minimum absolute atomic E-state index is 0.186. The lowest BCUT2D eigenvalue weighted by atomic mass is 9.83. The van der Waals surface area contributed by atoms with E-state index in [-0.39, 0.29) is 5.75 Å². The summed E-state index contributed by atoms with van der Waals surface area (Å²) in [6.45, 7) is 3.93. The molecule has 0 spiro atoms. The van der Waals surface area contributed by atoms with Gasteiger partial charge in [-0.15, -0.1) is 0 Å². The van der Waals surface area contributed by atoms with Crippen molar-refractivity contribution in [2.45, 2.75) is 32.6 Å². The molecule has 15 heavy (non-hydrogen) atoms. The highest BCUT2D eigenvalue weighted by Gasteiger charge is 2.17. The van der Waals surface area contributed by atoms with Gasteiger partial charge in [-0.1, -0.05) is 26.2 Å². The molecule has 1 fully saturated rings. The van der Waals surface area contributed by atoms with Crippen molar-refractivity contribution in [3.8, 4) is 0 Å². The van der Waals surface area contributed by atoms with Gasteiger partial charge in [0, 0.05) is 13.1 Å². The van der Waals surface area contributed by atoms with Crippen LogP contribution in [0.15, 0.2) is 0 Å². The Labute approximate surface area is 92.9 Å². The van der Waals surface area contributed by atoms with Gasteiger partial charge >= 0.3 is 0 Å². The monoisotopic (exact) mass is 234 g/mol. The Hall–Kier alpha value is -0.130. The molecule has 0 aromatic heterocycles. The van der Waals surface area contributed by atoms with Gasteiger partial charge in [0.1, 0.15) is 0 Å². The molecule has 0 heterocycles. The van der Waals surface area contributed by atoms with Crippen molar-refractivity contribution in [3.63, 3.8) is 0 Å². The van der Waals surface area contributed by atoms with Crippen molar-refractivity contribution in [2.75, 3.05) is 25.4 Å². The van der Waals surface area contributed by atoms with E-state index < -0.39 is 10.0 Å². The molecule has 0 aromatic carbocycles. The second-order valence-electron chi connectivity index (χ2n) is 4.15. The van der Waals surface area contributed by atoms with Crippen molar-refractivity contribution in [2.24, 2.45) is 5.92 Å². The Bertz CT molecular complexity index is 261. The molecule has 1 saturated carbocycles. The summed E-state index contributed by atoms with van der Waals surface area (Å²) < 4.78 is 25.5. The molecule has 1 aliphatic carbocycles. The highest BCUT2D eigenvalue weighted by Crippen LogP contribution is 2.28. The molecule has 1 aliphatic rings. The van der Waals surface area contributed by atoms with Gasteiger partial charge in [-0.25, -0.2) is 13.1 Å². The number of sulfonamides is 1. The van der Waals surface area contributed by atoms with E-state index in [4.69, 9.17) is 0 Å². The first-order chi connectivity index (χ1) is 7.14. The van der Waals surface area contributed by atoms with Gasteiger partial charge < -0.3 is 5.32 Å². The summed E-state index contributed by atoms with van der Waals surface area (Å²) in [5.41, 5.74) is 0. The van der Waals surface area contributed by atoms with E-state index in [0.29, 0.717) is 13.1 Å². The highest BCUT2D eigenvalue weighted by atomic mass is 32.2. The summed E-state index contributed by atoms with van der Waals surface area (Å²) in [7, 11) is -3.05. The fourth-order valence-corrected chi connectivity index (χ4v) is 2.64. The van der Waals surface area contributed by atoms with E-state index in [1.165, 1.54) is 19.3 Å². The summed E-state index contributed by atoms with van der Waals surface area (Å²) >= 11 is 0. The van der Waals surface area contributed by atoms with Crippen LogP contribution >= 0.6 is 0 Å². The first-order valence-electron chi connectivity index (χ1n) is 5.82. The van der Waals surface area contributed by atoms with Crippen molar-refractivity contribution in [3.05, 3.63) is 0 Å². The molecule has 2 N–H and O–H groups in total. The van der Waals surface area contributed by atoms with Crippen LogP contribution in [0.25, 0.3) is 0 Å². The molecule has 0 bridgehead atoms. The van der Waals surface area contributed by atoms with Crippen LogP contribution in [0, 0.1) is 5.92 Å². The Morgan fingerprint density at radius 1 is 1.27 bits per heavy atom. The van der Waals surface area contributed by atoms with Crippen LogP contribution in [0.3, 0.4) is 0 Å². The minimum atomic E-state index is -3.05. The lowest BCUT2D eigenvalue weighted by molar-refractivity contribution is 0.297. The second kappa shape index (κ2) is 6.45. The van der Waals surface area contributed by atoms with Gasteiger partial charge in [0.15, 0.2) is 0 Å². The standard InChI is InChI=1S/C10H22N2O2S/c1-2-11-8-9-15(13,14)12-7-6-10-4-3-5-10/h10-12H,2-9H2,1H3. The molecule has 0 radical (unpaired) electrons. The first-order valence-corrected chi connectivity index (χ1v) is 7.47. The molecule has 4 nitrogen and oxygen atoms in total. The first kappa shape index (κ1) is 12.9. The Balaban J connectivity index is 2.06. The van der Waals surface area contributed by atoms with Gasteiger partial charge in [-0.2, -0.15) is 0 Å². The molecular weight excluding hydrogens is 212 g/mol. The van der Waals surface area contributed by atoms with E-state index >= 15 is 0 Å². The molecule has 1 rings (SSSR count). The Kier molecular flexibility index (Phi) is 5.56. The number of rotatable bonds is 8. The van der Waals surface area contributed by atoms with E-state index in [9.17, 15) is 8.42 Å². The van der Waals surface area contributed by atoms with Gasteiger partial charge in [0.25, 0.3) is 0 Å². The van der Waals surface area contributed by atoms with Crippen molar-refractivity contribution in [1.29, 1.82) is 0 Å². The second-order valence-corrected chi connectivity index (χ2v) is 6.08. The van der Waals surface area contributed by atoms with E-state index in [1.54, 1.807) is 0 Å². The average Bonchev–Trinajstić information content (AvgIpc) is 2.10. The average molecular weight is 234 g/mol. The SMILES string of the molecule is CCNCCS(=O)(=O)NCCC1CCC1. The lowest BCUT2D eigenvalue weighted by Crippen LogP contribution is -2.33. The molecule has 0 atom stereocenters. The van der Waals surface area contributed by atoms with Crippen LogP contribution < -0.4 is 10.0 Å². The lowest BCUT2D eigenvalue weighted by Gasteiger charge is -2.25. The zero-order valence-electron chi connectivity index (χ0n) is 9.46. The zero-order chi connectivity index (χ0) is 11.1. The molecule has 0 unspecified atom stereocenters. The number of hydrogen-bond donors (Lipinski definition) is 2. The van der Waals surface area contributed by atoms with E-state index in [0.717, 1.165) is 18.9 Å². The van der Waals surface area contributed by atoms with Crippen LogP contribution in [0.4, 0.5) is 0 Å². The quantitative estimate of drug-likeness (QED) is 0.608. The molecule has 0 aliphatic heterocycles. The topological polar surface area (TPSA) is 58.2 Å². The van der Waals surface area contributed by atoms with Gasteiger partial charge in [0.2, 0.25) is 10.0 Å². The van der Waals surface area contributed by atoms with Crippen LogP contribution in [0.5, 0.6) is 0 Å². The fourth-order valence-electron chi connectivity index (χ4n) is 1.66. The Morgan fingerprint density at radius 3 is 2.53 bits per heavy atom. The van der Waals surface area contributed by atoms with Crippen LogP contribution in [-0.2, 0) is 10.0 Å². The summed E-state index contributed by atoms with van der Waals surface area (Å²) in [4.78, 5) is 0. The third-order valence-electron chi connectivity index (χ3n) is 2.90. The minimum Gasteiger partial charge on any atom is -0.316 e. The normalized spacial score (nSPS) is 17.7. The summed E-state index contributed by atoms with van der Waals surface area (Å²) in [6, 6.07) is 0. The molecule has 90 valence electrons. The molecule has 0 aromatic rings. The summed E-state index contributed by atoms with van der Waals surface area (Å²) in [6.07, 6.45) is 4.87. The Morgan fingerprint density at radius 2 is 2.00 bits per heavy atom. The molecule has 0 amide bonds. The molecule has 0 saturated heterocycles. The largest absolute Gasteiger partial charge is 0.316 e. The van der Waals surface area contributed by atoms with Crippen LogP contribution in [0.2, 0.25) is 0 Å². The molecule has 5 heteroatoms. The number of hydrogen-bond acceptors (Lipinski definition) is 3. The van der Waals surface area contributed by atoms with Crippen LogP contribution in [-0.4, -0.2) is 33.8 Å². The van der Waals surface area contributed by atoms with Crippen molar-refractivity contribution in [1.82, 2.24) is 10.0 Å². The fraction of sp³-hybridized carbons (Fsp3) is 1.00. The van der Waals surface area contributed by atoms with E-state index in [2.05, 4.69) is 10.0 Å². The third-order valence-corrected chi connectivity index (χ3v) is 4.28. The van der Waals surface area contributed by atoms with Gasteiger partial charge in [0.05, 0.1) is 5.75 Å². The summed E-state index contributed by atoms with van der Waals surface area (Å²) in [5.74, 6) is 0.951. The third kappa shape index (κ3) is 5.49. The highest BCUT2D eigenvalue weighted by molar-refractivity contribution is 7.89. The predicted octanol–water partition coefficient (Wildman–Crippen LogP) is 0.706. The maximum atomic E-state index is 11.4.